The number of benzene rings is 1. The first kappa shape index (κ1) is 14.7. The number of nitrogens with one attached hydrogen (secondary N) is 1. The summed E-state index contributed by atoms with van der Waals surface area (Å²) in [5.41, 5.74) is 1.26. The molecule has 1 aromatic heterocycles. The van der Waals surface area contributed by atoms with Gasteiger partial charge in [-0.15, -0.1) is 0 Å². The Kier molecular flexibility index (Phi) is 3.94. The number of aryl methyl sites for hydroxylation is 2. The van der Waals surface area contributed by atoms with Crippen LogP contribution in [0.15, 0.2) is 24.3 Å². The molecule has 2 aromatic rings. The van der Waals surface area contributed by atoms with Gasteiger partial charge in [-0.2, -0.15) is 18.3 Å². The highest BCUT2D eigenvalue weighted by atomic mass is 35.5. The van der Waals surface area contributed by atoms with Crippen LogP contribution < -0.4 is 5.32 Å². The van der Waals surface area contributed by atoms with E-state index in [1.165, 1.54) is 12.1 Å². The zero-order valence-electron chi connectivity index (χ0n) is 10.9. The van der Waals surface area contributed by atoms with Gasteiger partial charge in [0, 0.05) is 12.7 Å². The van der Waals surface area contributed by atoms with Gasteiger partial charge < -0.3 is 5.32 Å². The first-order chi connectivity index (χ1) is 9.27. The quantitative estimate of drug-likeness (QED) is 0.928. The molecule has 0 saturated carbocycles. The van der Waals surface area contributed by atoms with Crippen molar-refractivity contribution in [2.45, 2.75) is 19.6 Å². The lowest BCUT2D eigenvalue weighted by molar-refractivity contribution is -0.137. The van der Waals surface area contributed by atoms with Gasteiger partial charge in [-0.05, 0) is 31.2 Å². The Bertz CT molecular complexity index is 620. The van der Waals surface area contributed by atoms with E-state index in [4.69, 9.17) is 11.6 Å². The standard InChI is InChI=1S/C13H13ClF3N3/c1-8-5-10(20(2)19-8)7-18-9-3-4-12(14)11(6-9)13(15,16)17/h3-6,18H,7H2,1-2H3. The smallest absolute Gasteiger partial charge is 0.379 e. The first-order valence-corrected chi connectivity index (χ1v) is 6.25. The lowest BCUT2D eigenvalue weighted by Crippen LogP contribution is -2.09. The third-order valence-electron chi connectivity index (χ3n) is 2.84. The topological polar surface area (TPSA) is 29.9 Å². The van der Waals surface area contributed by atoms with E-state index >= 15 is 0 Å². The minimum atomic E-state index is -4.46. The average molecular weight is 304 g/mol. The number of alkyl halides is 3. The molecule has 1 N–H and O–H groups in total. The molecule has 0 fully saturated rings. The van der Waals surface area contributed by atoms with Crippen molar-refractivity contribution in [2.24, 2.45) is 7.05 Å². The SMILES string of the molecule is Cc1cc(CNc2ccc(Cl)c(C(F)(F)F)c2)n(C)n1. The molecule has 20 heavy (non-hydrogen) atoms. The molecule has 1 heterocycles. The van der Waals surface area contributed by atoms with E-state index in [1.54, 1.807) is 11.7 Å². The molecule has 0 radical (unpaired) electrons. The zero-order valence-corrected chi connectivity index (χ0v) is 11.7. The number of aromatic nitrogens is 2. The van der Waals surface area contributed by atoms with Crippen LogP contribution in [-0.2, 0) is 19.8 Å². The summed E-state index contributed by atoms with van der Waals surface area (Å²) in [6.45, 7) is 2.24. The summed E-state index contributed by atoms with van der Waals surface area (Å²) in [5.74, 6) is 0. The van der Waals surface area contributed by atoms with Gasteiger partial charge in [0.05, 0.1) is 28.5 Å². The van der Waals surface area contributed by atoms with Crippen molar-refractivity contribution in [3.63, 3.8) is 0 Å². The van der Waals surface area contributed by atoms with Crippen molar-refractivity contribution in [2.75, 3.05) is 5.32 Å². The summed E-state index contributed by atoms with van der Waals surface area (Å²) < 4.78 is 39.9. The molecular weight excluding hydrogens is 291 g/mol. The van der Waals surface area contributed by atoms with Crippen LogP contribution in [-0.4, -0.2) is 9.78 Å². The maximum atomic E-state index is 12.7. The Morgan fingerprint density at radius 1 is 1.30 bits per heavy atom. The van der Waals surface area contributed by atoms with E-state index in [9.17, 15) is 13.2 Å². The first-order valence-electron chi connectivity index (χ1n) is 5.87. The molecule has 0 amide bonds. The van der Waals surface area contributed by atoms with Gasteiger partial charge in [0.2, 0.25) is 0 Å². The average Bonchev–Trinajstić information content (AvgIpc) is 2.65. The molecule has 108 valence electrons. The molecule has 0 aliphatic rings. The zero-order chi connectivity index (χ0) is 14.9. The van der Waals surface area contributed by atoms with E-state index < -0.39 is 11.7 Å². The van der Waals surface area contributed by atoms with Crippen LogP contribution in [0, 0.1) is 6.92 Å². The van der Waals surface area contributed by atoms with Crippen molar-refractivity contribution in [3.05, 3.63) is 46.2 Å². The van der Waals surface area contributed by atoms with Crippen LogP contribution in [0.5, 0.6) is 0 Å². The minimum Gasteiger partial charge on any atom is -0.379 e. The number of halogens is 4. The highest BCUT2D eigenvalue weighted by Crippen LogP contribution is 2.36. The van der Waals surface area contributed by atoms with Gasteiger partial charge in [-0.25, -0.2) is 0 Å². The second-order valence-corrected chi connectivity index (χ2v) is 4.85. The Balaban J connectivity index is 2.16. The van der Waals surface area contributed by atoms with Crippen LogP contribution in [0.25, 0.3) is 0 Å². The van der Waals surface area contributed by atoms with E-state index in [2.05, 4.69) is 10.4 Å². The van der Waals surface area contributed by atoms with Crippen molar-refractivity contribution in [1.29, 1.82) is 0 Å². The fraction of sp³-hybridized carbons (Fsp3) is 0.308. The fourth-order valence-electron chi connectivity index (χ4n) is 1.87. The molecule has 3 nitrogen and oxygen atoms in total. The van der Waals surface area contributed by atoms with E-state index in [1.807, 2.05) is 13.0 Å². The summed E-state index contributed by atoms with van der Waals surface area (Å²) in [6, 6.07) is 5.63. The number of anilines is 1. The lowest BCUT2D eigenvalue weighted by atomic mass is 10.2. The number of rotatable bonds is 3. The molecule has 0 spiro atoms. The molecule has 0 aliphatic heterocycles. The maximum Gasteiger partial charge on any atom is 0.417 e. The molecule has 1 aromatic carbocycles. The second-order valence-electron chi connectivity index (χ2n) is 4.45. The van der Waals surface area contributed by atoms with E-state index in [0.29, 0.717) is 12.2 Å². The van der Waals surface area contributed by atoms with Crippen LogP contribution in [0.4, 0.5) is 18.9 Å². The van der Waals surface area contributed by atoms with E-state index in [0.717, 1.165) is 17.5 Å². The van der Waals surface area contributed by atoms with Crippen LogP contribution >= 0.6 is 11.6 Å². The van der Waals surface area contributed by atoms with Crippen molar-refractivity contribution in [1.82, 2.24) is 9.78 Å². The molecule has 0 aliphatic carbocycles. The summed E-state index contributed by atoms with van der Waals surface area (Å²) in [6.07, 6.45) is -4.46. The number of hydrogen-bond donors (Lipinski definition) is 1. The molecule has 7 heteroatoms. The highest BCUT2D eigenvalue weighted by Gasteiger charge is 2.33. The molecule has 0 bridgehead atoms. The molecule has 0 saturated heterocycles. The van der Waals surface area contributed by atoms with Crippen molar-refractivity contribution < 1.29 is 13.2 Å². The predicted octanol–water partition coefficient (Wildman–Crippen LogP) is 4.01. The Morgan fingerprint density at radius 2 is 2.00 bits per heavy atom. The molecule has 0 atom stereocenters. The summed E-state index contributed by atoms with van der Waals surface area (Å²) in [7, 11) is 1.78. The third kappa shape index (κ3) is 3.25. The second kappa shape index (κ2) is 5.36. The molecule has 0 unspecified atom stereocenters. The summed E-state index contributed by atoms with van der Waals surface area (Å²) >= 11 is 5.56. The van der Waals surface area contributed by atoms with Crippen LogP contribution in [0.2, 0.25) is 5.02 Å². The van der Waals surface area contributed by atoms with Crippen molar-refractivity contribution >= 4 is 17.3 Å². The Hall–Kier alpha value is -1.69. The fourth-order valence-corrected chi connectivity index (χ4v) is 2.10. The van der Waals surface area contributed by atoms with E-state index in [-0.39, 0.29) is 5.02 Å². The third-order valence-corrected chi connectivity index (χ3v) is 3.17. The van der Waals surface area contributed by atoms with Gasteiger partial charge in [-0.3, -0.25) is 4.68 Å². The number of hydrogen-bond acceptors (Lipinski definition) is 2. The highest BCUT2D eigenvalue weighted by molar-refractivity contribution is 6.31. The summed E-state index contributed by atoms with van der Waals surface area (Å²) in [5, 5.41) is 6.80. The molecular formula is C13H13ClF3N3. The van der Waals surface area contributed by atoms with Crippen LogP contribution in [0.1, 0.15) is 17.0 Å². The lowest BCUT2D eigenvalue weighted by Gasteiger charge is -2.12. The minimum absolute atomic E-state index is 0.306. The maximum absolute atomic E-state index is 12.7. The van der Waals surface area contributed by atoms with Gasteiger partial charge in [0.1, 0.15) is 0 Å². The normalized spacial score (nSPS) is 11.7. The molecule has 2 rings (SSSR count). The Morgan fingerprint density at radius 3 is 2.55 bits per heavy atom. The van der Waals surface area contributed by atoms with Gasteiger partial charge in [-0.1, -0.05) is 11.6 Å². The largest absolute Gasteiger partial charge is 0.417 e. The number of nitrogens with zero attached hydrogens (tertiary/aromatic N) is 2. The monoisotopic (exact) mass is 303 g/mol. The van der Waals surface area contributed by atoms with Gasteiger partial charge >= 0.3 is 6.18 Å². The van der Waals surface area contributed by atoms with Gasteiger partial charge in [0.25, 0.3) is 0 Å². The summed E-state index contributed by atoms with van der Waals surface area (Å²) in [4.78, 5) is 0. The predicted molar refractivity (Wildman–Crippen MR) is 71.7 cm³/mol. The van der Waals surface area contributed by atoms with Gasteiger partial charge in [0.15, 0.2) is 0 Å². The van der Waals surface area contributed by atoms with Crippen LogP contribution in [0.3, 0.4) is 0 Å². The van der Waals surface area contributed by atoms with Crippen molar-refractivity contribution in [3.8, 4) is 0 Å². The Labute approximate surface area is 119 Å².